The number of carbonyl (C=O) groups is 3. The molecule has 0 bridgehead atoms. The number of aromatic nitrogens is 1. The average molecular weight is 484 g/mol. The Morgan fingerprint density at radius 2 is 1.53 bits per heavy atom. The molecule has 0 saturated heterocycles. The number of para-hydroxylation sites is 1. The van der Waals surface area contributed by atoms with Gasteiger partial charge in [-0.25, -0.2) is 4.79 Å². The lowest BCUT2D eigenvalue weighted by Gasteiger charge is -2.22. The van der Waals surface area contributed by atoms with E-state index < -0.39 is 24.0 Å². The summed E-state index contributed by atoms with van der Waals surface area (Å²) in [4.78, 5) is 42.3. The molecule has 2 atom stereocenters. The second-order valence-corrected chi connectivity index (χ2v) is 8.73. The van der Waals surface area contributed by atoms with Gasteiger partial charge in [-0.15, -0.1) is 0 Å². The lowest BCUT2D eigenvalue weighted by Crippen LogP contribution is -2.53. The van der Waals surface area contributed by atoms with Gasteiger partial charge in [-0.05, 0) is 36.2 Å². The number of H-pyrrole nitrogens is 1. The largest absolute Gasteiger partial charge is 0.467 e. The zero-order chi connectivity index (χ0) is 25.5. The lowest BCUT2D eigenvalue weighted by atomic mass is 10.0. The Balaban J connectivity index is 1.59. The maximum atomic E-state index is 13.5. The van der Waals surface area contributed by atoms with Gasteiger partial charge in [0.15, 0.2) is 0 Å². The zero-order valence-corrected chi connectivity index (χ0v) is 20.3. The van der Waals surface area contributed by atoms with Crippen molar-refractivity contribution in [2.24, 2.45) is 0 Å². The predicted molar refractivity (Wildman–Crippen MR) is 139 cm³/mol. The van der Waals surface area contributed by atoms with E-state index >= 15 is 0 Å². The SMILES string of the molecule is COC(=O)[C@@H](Cc1ccccc1)NC(=O)[C@H](Cc1c[nH]c2ccccc12)NC(=O)c1ccc(C)cc1. The van der Waals surface area contributed by atoms with Crippen molar-refractivity contribution in [3.63, 3.8) is 0 Å². The summed E-state index contributed by atoms with van der Waals surface area (Å²) in [5.74, 6) is -1.39. The number of carbonyl (C=O) groups excluding carboxylic acids is 3. The zero-order valence-electron chi connectivity index (χ0n) is 20.3. The second kappa shape index (κ2) is 11.4. The summed E-state index contributed by atoms with van der Waals surface area (Å²) in [7, 11) is 1.29. The van der Waals surface area contributed by atoms with Gasteiger partial charge < -0.3 is 20.4 Å². The monoisotopic (exact) mass is 483 g/mol. The van der Waals surface area contributed by atoms with Crippen molar-refractivity contribution < 1.29 is 19.1 Å². The molecule has 4 rings (SSSR count). The summed E-state index contributed by atoms with van der Waals surface area (Å²) in [6.45, 7) is 1.94. The summed E-state index contributed by atoms with van der Waals surface area (Å²) >= 11 is 0. The van der Waals surface area contributed by atoms with Crippen LogP contribution in [-0.4, -0.2) is 42.0 Å². The van der Waals surface area contributed by atoms with E-state index in [9.17, 15) is 14.4 Å². The van der Waals surface area contributed by atoms with Gasteiger partial charge in [0.25, 0.3) is 5.91 Å². The minimum absolute atomic E-state index is 0.243. The van der Waals surface area contributed by atoms with Crippen LogP contribution in [0.3, 0.4) is 0 Å². The summed E-state index contributed by atoms with van der Waals surface area (Å²) in [6, 6.07) is 22.5. The Morgan fingerprint density at radius 1 is 0.833 bits per heavy atom. The van der Waals surface area contributed by atoms with Crippen LogP contribution in [0.5, 0.6) is 0 Å². The molecule has 1 aromatic heterocycles. The molecule has 1 heterocycles. The van der Waals surface area contributed by atoms with Crippen LogP contribution < -0.4 is 10.6 Å². The van der Waals surface area contributed by atoms with Crippen molar-refractivity contribution >= 4 is 28.7 Å². The molecule has 7 nitrogen and oxygen atoms in total. The van der Waals surface area contributed by atoms with Gasteiger partial charge in [-0.3, -0.25) is 9.59 Å². The number of aryl methyl sites for hydroxylation is 1. The van der Waals surface area contributed by atoms with Crippen molar-refractivity contribution in [1.82, 2.24) is 15.6 Å². The number of esters is 1. The molecule has 0 aliphatic rings. The Labute approximate surface area is 209 Å². The van der Waals surface area contributed by atoms with Crippen LogP contribution in [0, 0.1) is 6.92 Å². The number of benzene rings is 3. The van der Waals surface area contributed by atoms with Crippen molar-refractivity contribution in [1.29, 1.82) is 0 Å². The third kappa shape index (κ3) is 5.99. The van der Waals surface area contributed by atoms with E-state index in [1.54, 1.807) is 12.1 Å². The molecular formula is C29H29N3O4. The molecule has 4 aromatic rings. The minimum atomic E-state index is -0.916. The molecule has 0 saturated carbocycles. The number of methoxy groups -OCH3 is 1. The second-order valence-electron chi connectivity index (χ2n) is 8.73. The number of nitrogens with one attached hydrogen (secondary N) is 3. The van der Waals surface area contributed by atoms with Gasteiger partial charge in [0.1, 0.15) is 12.1 Å². The summed E-state index contributed by atoms with van der Waals surface area (Å²) in [6.07, 6.45) is 2.35. The third-order valence-electron chi connectivity index (χ3n) is 6.12. The highest BCUT2D eigenvalue weighted by molar-refractivity contribution is 5.98. The first-order valence-electron chi connectivity index (χ1n) is 11.8. The fourth-order valence-corrected chi connectivity index (χ4v) is 4.13. The van der Waals surface area contributed by atoms with Crippen molar-refractivity contribution in [2.75, 3.05) is 7.11 Å². The van der Waals surface area contributed by atoms with Crippen LogP contribution in [-0.2, 0) is 27.2 Å². The minimum Gasteiger partial charge on any atom is -0.467 e. The first-order valence-corrected chi connectivity index (χ1v) is 11.8. The average Bonchev–Trinajstić information content (AvgIpc) is 3.31. The molecule has 3 N–H and O–H groups in total. The fraction of sp³-hybridized carbons (Fsp3) is 0.207. The van der Waals surface area contributed by atoms with Crippen LogP contribution in [0.15, 0.2) is 85.1 Å². The van der Waals surface area contributed by atoms with Gasteiger partial charge in [-0.1, -0.05) is 66.2 Å². The molecular weight excluding hydrogens is 454 g/mol. The van der Waals surface area contributed by atoms with Gasteiger partial charge >= 0.3 is 5.97 Å². The van der Waals surface area contributed by atoms with E-state index in [-0.39, 0.29) is 18.7 Å². The highest BCUT2D eigenvalue weighted by Gasteiger charge is 2.28. The third-order valence-corrected chi connectivity index (χ3v) is 6.12. The van der Waals surface area contributed by atoms with Gasteiger partial charge in [0, 0.05) is 35.5 Å². The van der Waals surface area contributed by atoms with Crippen LogP contribution in [0.25, 0.3) is 10.9 Å². The number of rotatable bonds is 9. The van der Waals surface area contributed by atoms with Crippen molar-refractivity contribution in [3.8, 4) is 0 Å². The standard InChI is InChI=1S/C29H29N3O4/c1-19-12-14-21(15-13-19)27(33)31-25(17-22-18-30-24-11-7-6-10-23(22)24)28(34)32-26(29(35)36-2)16-20-8-4-3-5-9-20/h3-15,18,25-26,30H,16-17H2,1-2H3,(H,31,33)(H,32,34)/t25-,26+/m0/s1. The molecule has 0 spiro atoms. The highest BCUT2D eigenvalue weighted by Crippen LogP contribution is 2.19. The van der Waals surface area contributed by atoms with E-state index in [0.717, 1.165) is 27.6 Å². The molecule has 3 aromatic carbocycles. The van der Waals surface area contributed by atoms with Crippen molar-refractivity contribution in [2.45, 2.75) is 31.8 Å². The van der Waals surface area contributed by atoms with Crippen LogP contribution >= 0.6 is 0 Å². The van der Waals surface area contributed by atoms with Gasteiger partial charge in [0.05, 0.1) is 7.11 Å². The number of ether oxygens (including phenoxy) is 1. The maximum Gasteiger partial charge on any atom is 0.328 e. The molecule has 2 amide bonds. The Morgan fingerprint density at radius 3 is 2.25 bits per heavy atom. The first kappa shape index (κ1) is 24.7. The van der Waals surface area contributed by atoms with Crippen LogP contribution in [0.1, 0.15) is 27.0 Å². The van der Waals surface area contributed by atoms with E-state index in [0.29, 0.717) is 5.56 Å². The van der Waals surface area contributed by atoms with Crippen LogP contribution in [0.4, 0.5) is 0 Å². The first-order chi connectivity index (χ1) is 17.4. The van der Waals surface area contributed by atoms with Crippen molar-refractivity contribution in [3.05, 3.63) is 107 Å². The summed E-state index contributed by atoms with van der Waals surface area (Å²) in [5, 5.41) is 6.64. The molecule has 0 radical (unpaired) electrons. The quantitative estimate of drug-likeness (QED) is 0.316. The highest BCUT2D eigenvalue weighted by atomic mass is 16.5. The van der Waals surface area contributed by atoms with Gasteiger partial charge in [-0.2, -0.15) is 0 Å². The lowest BCUT2D eigenvalue weighted by molar-refractivity contribution is -0.145. The van der Waals surface area contributed by atoms with E-state index in [4.69, 9.17) is 4.74 Å². The fourth-order valence-electron chi connectivity index (χ4n) is 4.13. The van der Waals surface area contributed by atoms with E-state index in [1.807, 2.05) is 79.9 Å². The molecule has 0 aliphatic carbocycles. The number of hydrogen-bond acceptors (Lipinski definition) is 4. The smallest absolute Gasteiger partial charge is 0.328 e. The number of fused-ring (bicyclic) bond motifs is 1. The van der Waals surface area contributed by atoms with E-state index in [2.05, 4.69) is 15.6 Å². The summed E-state index contributed by atoms with van der Waals surface area (Å²) in [5.41, 5.74) is 4.18. The summed E-state index contributed by atoms with van der Waals surface area (Å²) < 4.78 is 4.94. The molecule has 7 heteroatoms. The Kier molecular flexibility index (Phi) is 7.80. The Hall–Kier alpha value is -4.39. The molecule has 0 aliphatic heterocycles. The molecule has 0 unspecified atom stereocenters. The Bertz CT molecular complexity index is 1350. The number of aromatic amines is 1. The number of amides is 2. The molecule has 36 heavy (non-hydrogen) atoms. The number of hydrogen-bond donors (Lipinski definition) is 3. The topological polar surface area (TPSA) is 100 Å². The molecule has 184 valence electrons. The van der Waals surface area contributed by atoms with Gasteiger partial charge in [0.2, 0.25) is 5.91 Å². The maximum absolute atomic E-state index is 13.5. The van der Waals surface area contributed by atoms with E-state index in [1.165, 1.54) is 7.11 Å². The predicted octanol–water partition coefficient (Wildman–Crippen LogP) is 3.72. The normalized spacial score (nSPS) is 12.5. The van der Waals surface area contributed by atoms with Crippen LogP contribution in [0.2, 0.25) is 0 Å². The molecule has 0 fully saturated rings.